The Labute approximate surface area is 65.7 Å². The molecule has 0 atom stereocenters. The summed E-state index contributed by atoms with van der Waals surface area (Å²) in [4.78, 5) is 4.31. The fourth-order valence-electron chi connectivity index (χ4n) is 0.476. The molecule has 7 heteroatoms. The summed E-state index contributed by atoms with van der Waals surface area (Å²) in [6.07, 6.45) is -4.27. The number of nitrogens with zero attached hydrogens (tertiary/aromatic N) is 1. The van der Waals surface area contributed by atoms with Gasteiger partial charge in [0.2, 0.25) is 0 Å². The zero-order chi connectivity index (χ0) is 8.32. The van der Waals surface area contributed by atoms with Crippen LogP contribution in [0.25, 0.3) is 0 Å². The van der Waals surface area contributed by atoms with Gasteiger partial charge >= 0.3 is 6.18 Å². The maximum atomic E-state index is 11.5. The fraction of sp³-hybridized carbons (Fsp3) is 1.00. The summed E-state index contributed by atoms with van der Waals surface area (Å²) in [6.45, 7) is -0.507. The van der Waals surface area contributed by atoms with Gasteiger partial charge in [-0.3, -0.25) is 9.02 Å². The molecule has 0 saturated carbocycles. The SMILES string of the molecule is FC(F)(F)CON1CCOS1. The third-order valence-corrected chi connectivity index (χ3v) is 1.59. The zero-order valence-electron chi connectivity index (χ0n) is 5.43. The van der Waals surface area contributed by atoms with Crippen molar-refractivity contribution < 1.29 is 22.2 Å². The largest absolute Gasteiger partial charge is 0.413 e. The first-order valence-electron chi connectivity index (χ1n) is 2.85. The average Bonchev–Trinajstić information content (AvgIpc) is 2.32. The number of hydroxylamine groups is 1. The van der Waals surface area contributed by atoms with Gasteiger partial charge in [0.25, 0.3) is 0 Å². The third-order valence-electron chi connectivity index (χ3n) is 0.865. The van der Waals surface area contributed by atoms with Crippen molar-refractivity contribution in [1.29, 1.82) is 0 Å². The van der Waals surface area contributed by atoms with E-state index >= 15 is 0 Å². The molecule has 66 valence electrons. The molecular formula is C4H6F3NO2S. The van der Waals surface area contributed by atoms with Crippen molar-refractivity contribution in [3.63, 3.8) is 0 Å². The molecule has 0 radical (unpaired) electrons. The summed E-state index contributed by atoms with van der Waals surface area (Å²) in [5.41, 5.74) is 0. The number of alkyl halides is 3. The Hall–Kier alpha value is 0.0200. The van der Waals surface area contributed by atoms with Crippen molar-refractivity contribution in [1.82, 2.24) is 4.47 Å². The van der Waals surface area contributed by atoms with Crippen LogP contribution in [0.2, 0.25) is 0 Å². The summed E-state index contributed by atoms with van der Waals surface area (Å²) >= 11 is 0.794. The maximum Gasteiger partial charge on any atom is 0.413 e. The molecule has 0 aromatic carbocycles. The Morgan fingerprint density at radius 2 is 2.27 bits per heavy atom. The lowest BCUT2D eigenvalue weighted by Gasteiger charge is -2.12. The Bertz CT molecular complexity index is 125. The van der Waals surface area contributed by atoms with E-state index in [4.69, 9.17) is 0 Å². The van der Waals surface area contributed by atoms with Crippen LogP contribution in [-0.4, -0.2) is 30.4 Å². The summed E-state index contributed by atoms with van der Waals surface area (Å²) in [6, 6.07) is 0. The van der Waals surface area contributed by atoms with Gasteiger partial charge in [0.15, 0.2) is 6.61 Å². The molecule has 0 spiro atoms. The zero-order valence-corrected chi connectivity index (χ0v) is 6.24. The number of rotatable bonds is 2. The van der Waals surface area contributed by atoms with E-state index in [-0.39, 0.29) is 0 Å². The molecule has 0 aromatic heterocycles. The van der Waals surface area contributed by atoms with E-state index in [1.54, 1.807) is 0 Å². The van der Waals surface area contributed by atoms with Crippen molar-refractivity contribution in [3.8, 4) is 0 Å². The second kappa shape index (κ2) is 3.61. The Balaban J connectivity index is 2.11. The van der Waals surface area contributed by atoms with Gasteiger partial charge < -0.3 is 0 Å². The molecule has 0 unspecified atom stereocenters. The smallest absolute Gasteiger partial charge is 0.298 e. The van der Waals surface area contributed by atoms with Crippen LogP contribution < -0.4 is 0 Å². The second-order valence-electron chi connectivity index (χ2n) is 1.84. The topological polar surface area (TPSA) is 21.7 Å². The molecule has 1 aliphatic heterocycles. The fourth-order valence-corrected chi connectivity index (χ4v) is 0.988. The van der Waals surface area contributed by atoms with E-state index in [2.05, 4.69) is 9.02 Å². The molecule has 3 nitrogen and oxygen atoms in total. The van der Waals surface area contributed by atoms with Crippen LogP contribution >= 0.6 is 12.2 Å². The van der Waals surface area contributed by atoms with Gasteiger partial charge in [-0.1, -0.05) is 0 Å². The van der Waals surface area contributed by atoms with Gasteiger partial charge in [-0.15, -0.1) is 4.47 Å². The van der Waals surface area contributed by atoms with E-state index in [1.807, 2.05) is 0 Å². The third kappa shape index (κ3) is 3.80. The van der Waals surface area contributed by atoms with E-state index in [0.717, 1.165) is 16.7 Å². The molecule has 1 fully saturated rings. The van der Waals surface area contributed by atoms with E-state index in [9.17, 15) is 13.2 Å². The van der Waals surface area contributed by atoms with Crippen molar-refractivity contribution in [3.05, 3.63) is 0 Å². The maximum absolute atomic E-state index is 11.5. The highest BCUT2D eigenvalue weighted by atomic mass is 32.2. The minimum atomic E-state index is -4.27. The molecule has 1 aliphatic rings. The van der Waals surface area contributed by atoms with E-state index < -0.39 is 12.8 Å². The monoisotopic (exact) mass is 189 g/mol. The Morgan fingerprint density at radius 3 is 2.73 bits per heavy atom. The van der Waals surface area contributed by atoms with Crippen LogP contribution in [0.3, 0.4) is 0 Å². The average molecular weight is 189 g/mol. The van der Waals surface area contributed by atoms with Crippen molar-refractivity contribution in [2.45, 2.75) is 6.18 Å². The predicted molar refractivity (Wildman–Crippen MR) is 32.3 cm³/mol. The van der Waals surface area contributed by atoms with Crippen LogP contribution in [-0.2, 0) is 9.02 Å². The van der Waals surface area contributed by atoms with Gasteiger partial charge in [0.1, 0.15) is 12.2 Å². The van der Waals surface area contributed by atoms with Gasteiger partial charge in [-0.25, -0.2) is 0 Å². The molecule has 0 amide bonds. The Kier molecular flexibility index (Phi) is 2.99. The van der Waals surface area contributed by atoms with E-state index in [0.29, 0.717) is 13.2 Å². The number of hydrogen-bond donors (Lipinski definition) is 0. The molecule has 0 aromatic rings. The van der Waals surface area contributed by atoms with Crippen molar-refractivity contribution in [2.75, 3.05) is 19.8 Å². The lowest BCUT2D eigenvalue weighted by atomic mass is 10.7. The van der Waals surface area contributed by atoms with Crippen LogP contribution in [0.1, 0.15) is 0 Å². The summed E-state index contributed by atoms with van der Waals surface area (Å²) in [5.74, 6) is 0. The molecule has 1 saturated heterocycles. The summed E-state index contributed by atoms with van der Waals surface area (Å²) in [5, 5.41) is 0. The predicted octanol–water partition coefficient (Wildman–Crippen LogP) is 1.38. The molecular weight excluding hydrogens is 183 g/mol. The quantitative estimate of drug-likeness (QED) is 0.483. The van der Waals surface area contributed by atoms with Gasteiger partial charge in [-0.2, -0.15) is 13.2 Å². The first kappa shape index (κ1) is 9.11. The molecule has 1 heterocycles. The minimum absolute atomic E-state index is 0.362. The first-order chi connectivity index (χ1) is 5.08. The van der Waals surface area contributed by atoms with E-state index in [1.165, 1.54) is 0 Å². The van der Waals surface area contributed by atoms with Gasteiger partial charge in [0.05, 0.1) is 13.2 Å². The van der Waals surface area contributed by atoms with Crippen LogP contribution in [0, 0.1) is 0 Å². The highest BCUT2D eigenvalue weighted by Crippen LogP contribution is 2.22. The second-order valence-corrected chi connectivity index (χ2v) is 2.63. The molecule has 0 bridgehead atoms. The number of hydrogen-bond acceptors (Lipinski definition) is 4. The summed E-state index contributed by atoms with van der Waals surface area (Å²) in [7, 11) is 0. The molecule has 0 aliphatic carbocycles. The molecule has 11 heavy (non-hydrogen) atoms. The Morgan fingerprint density at radius 1 is 1.55 bits per heavy atom. The lowest BCUT2D eigenvalue weighted by molar-refractivity contribution is -0.217. The number of halogens is 3. The standard InChI is InChI=1S/C4H6F3NO2S/c5-4(6,7)3-9-8-1-2-10-11-8/h1-3H2. The molecule has 1 rings (SSSR count). The molecule has 0 N–H and O–H groups in total. The van der Waals surface area contributed by atoms with Gasteiger partial charge in [-0.05, 0) is 0 Å². The first-order valence-corrected chi connectivity index (χ1v) is 3.54. The van der Waals surface area contributed by atoms with Crippen LogP contribution in [0.5, 0.6) is 0 Å². The highest BCUT2D eigenvalue weighted by Gasteiger charge is 2.30. The van der Waals surface area contributed by atoms with Crippen LogP contribution in [0.4, 0.5) is 13.2 Å². The lowest BCUT2D eigenvalue weighted by Crippen LogP contribution is -2.24. The van der Waals surface area contributed by atoms with Crippen LogP contribution in [0.15, 0.2) is 0 Å². The normalized spacial score (nSPS) is 21.0. The highest BCUT2D eigenvalue weighted by molar-refractivity contribution is 7.92. The van der Waals surface area contributed by atoms with Gasteiger partial charge in [0, 0.05) is 0 Å². The summed E-state index contributed by atoms with van der Waals surface area (Å²) < 4.78 is 40.3. The minimum Gasteiger partial charge on any atom is -0.298 e. The van der Waals surface area contributed by atoms with Crippen molar-refractivity contribution >= 4 is 12.2 Å². The van der Waals surface area contributed by atoms with Crippen molar-refractivity contribution in [2.24, 2.45) is 0 Å².